The van der Waals surface area contributed by atoms with Crippen LogP contribution in [0.3, 0.4) is 0 Å². The molecule has 0 aromatic heterocycles. The molecule has 0 saturated heterocycles. The highest BCUT2D eigenvalue weighted by atomic mass is 35.5. The van der Waals surface area contributed by atoms with Crippen molar-refractivity contribution in [2.24, 2.45) is 11.7 Å². The van der Waals surface area contributed by atoms with E-state index in [1.165, 1.54) is 12.8 Å². The molecule has 2 unspecified atom stereocenters. The van der Waals surface area contributed by atoms with Crippen molar-refractivity contribution in [2.75, 3.05) is 17.3 Å². The van der Waals surface area contributed by atoms with Gasteiger partial charge in [0.25, 0.3) is 0 Å². The number of halogens is 1. The second-order valence-electron chi connectivity index (χ2n) is 5.55. The molecule has 0 spiro atoms. The molecule has 1 aromatic rings. The molecule has 0 radical (unpaired) electrons. The minimum absolute atomic E-state index is 0.166. The lowest BCUT2D eigenvalue weighted by Gasteiger charge is -2.28. The Hall–Kier alpha value is -1.26. The second kappa shape index (κ2) is 4.39. The molecule has 19 heavy (non-hydrogen) atoms. The van der Waals surface area contributed by atoms with E-state index < -0.39 is 6.04 Å². The van der Waals surface area contributed by atoms with Crippen molar-refractivity contribution in [1.82, 2.24) is 0 Å². The van der Waals surface area contributed by atoms with E-state index in [0.29, 0.717) is 11.1 Å². The van der Waals surface area contributed by atoms with Crippen molar-refractivity contribution in [3.63, 3.8) is 0 Å². The number of hydrogen-bond acceptors (Lipinski definition) is 3. The quantitative estimate of drug-likeness (QED) is 0.894. The summed E-state index contributed by atoms with van der Waals surface area (Å²) in [5.74, 6) is 0.590. The van der Waals surface area contributed by atoms with Crippen LogP contribution in [0.15, 0.2) is 12.1 Å². The Bertz CT molecular complexity index is 542. The summed E-state index contributed by atoms with van der Waals surface area (Å²) >= 11 is 6.35. The normalized spacial score (nSPS) is 22.9. The van der Waals surface area contributed by atoms with E-state index in [-0.39, 0.29) is 5.91 Å². The van der Waals surface area contributed by atoms with Crippen LogP contribution in [0.4, 0.5) is 11.4 Å². The van der Waals surface area contributed by atoms with Crippen molar-refractivity contribution in [3.8, 4) is 0 Å². The van der Waals surface area contributed by atoms with Gasteiger partial charge in [-0.1, -0.05) is 11.6 Å². The SMILES string of the molecule is CC(C1CC1)N(C)c1cc2c(cc1Cl)C(N)C(=O)N2. The van der Waals surface area contributed by atoms with Crippen LogP contribution in [0.5, 0.6) is 0 Å². The summed E-state index contributed by atoms with van der Waals surface area (Å²) in [7, 11) is 2.05. The van der Waals surface area contributed by atoms with Gasteiger partial charge in [0.15, 0.2) is 0 Å². The zero-order valence-electron chi connectivity index (χ0n) is 11.1. The van der Waals surface area contributed by atoms with Crippen LogP contribution in [0.1, 0.15) is 31.4 Å². The summed E-state index contributed by atoms with van der Waals surface area (Å²) in [6, 6.07) is 3.60. The number of rotatable bonds is 3. The van der Waals surface area contributed by atoms with Gasteiger partial charge in [-0.15, -0.1) is 0 Å². The number of carbonyl (C=O) groups excluding carboxylic acids is 1. The van der Waals surface area contributed by atoms with Gasteiger partial charge in [-0.25, -0.2) is 0 Å². The van der Waals surface area contributed by atoms with Crippen LogP contribution in [0, 0.1) is 5.92 Å². The second-order valence-corrected chi connectivity index (χ2v) is 5.95. The molecule has 1 fully saturated rings. The molecule has 2 aliphatic rings. The van der Waals surface area contributed by atoms with Gasteiger partial charge in [0.1, 0.15) is 6.04 Å². The number of fused-ring (bicyclic) bond motifs is 1. The first-order valence-electron chi connectivity index (χ1n) is 6.61. The minimum atomic E-state index is -0.604. The van der Waals surface area contributed by atoms with E-state index >= 15 is 0 Å². The summed E-state index contributed by atoms with van der Waals surface area (Å²) < 4.78 is 0. The molecule has 1 aliphatic heterocycles. The first-order valence-corrected chi connectivity index (χ1v) is 6.99. The van der Waals surface area contributed by atoms with E-state index in [2.05, 4.69) is 17.1 Å². The Morgan fingerprint density at radius 2 is 2.16 bits per heavy atom. The van der Waals surface area contributed by atoms with Gasteiger partial charge >= 0.3 is 0 Å². The number of carbonyl (C=O) groups is 1. The van der Waals surface area contributed by atoms with Crippen molar-refractivity contribution in [2.45, 2.75) is 31.8 Å². The summed E-state index contributed by atoms with van der Waals surface area (Å²) in [6.45, 7) is 2.21. The third-order valence-electron chi connectivity index (χ3n) is 4.29. The van der Waals surface area contributed by atoms with E-state index in [1.54, 1.807) is 0 Å². The minimum Gasteiger partial charge on any atom is -0.370 e. The van der Waals surface area contributed by atoms with Gasteiger partial charge in [-0.05, 0) is 37.8 Å². The number of hydrogen-bond donors (Lipinski definition) is 2. The van der Waals surface area contributed by atoms with Crippen LogP contribution in [-0.4, -0.2) is 19.0 Å². The first kappa shape index (κ1) is 12.8. The van der Waals surface area contributed by atoms with Crippen LogP contribution < -0.4 is 16.0 Å². The maximum absolute atomic E-state index is 11.6. The van der Waals surface area contributed by atoms with E-state index in [9.17, 15) is 4.79 Å². The third-order valence-corrected chi connectivity index (χ3v) is 4.59. The van der Waals surface area contributed by atoms with Gasteiger partial charge in [0.05, 0.1) is 10.7 Å². The lowest BCUT2D eigenvalue weighted by atomic mass is 10.1. The van der Waals surface area contributed by atoms with E-state index in [0.717, 1.165) is 22.9 Å². The first-order chi connectivity index (χ1) is 8.99. The standard InChI is InChI=1S/C14H18ClN3O/c1-7(8-3-4-8)18(2)12-6-11-9(5-10(12)15)13(16)14(19)17-11/h5-8,13H,3-4,16H2,1-2H3,(H,17,19). The molecule has 3 N–H and O–H groups in total. The van der Waals surface area contributed by atoms with Gasteiger partial charge in [0.2, 0.25) is 5.91 Å². The highest BCUT2D eigenvalue weighted by molar-refractivity contribution is 6.33. The molecule has 1 saturated carbocycles. The Morgan fingerprint density at radius 1 is 1.47 bits per heavy atom. The predicted molar refractivity (Wildman–Crippen MR) is 77.6 cm³/mol. The van der Waals surface area contributed by atoms with E-state index in [1.807, 2.05) is 19.2 Å². The lowest BCUT2D eigenvalue weighted by Crippen LogP contribution is -2.30. The fraction of sp³-hybridized carbons (Fsp3) is 0.500. The Balaban J connectivity index is 1.95. The van der Waals surface area contributed by atoms with Gasteiger partial charge in [0, 0.05) is 24.3 Å². The summed E-state index contributed by atoms with van der Waals surface area (Å²) in [4.78, 5) is 13.8. The number of amides is 1. The zero-order valence-corrected chi connectivity index (χ0v) is 11.9. The number of nitrogens with one attached hydrogen (secondary N) is 1. The van der Waals surface area contributed by atoms with Crippen molar-refractivity contribution in [1.29, 1.82) is 0 Å². The van der Waals surface area contributed by atoms with E-state index in [4.69, 9.17) is 17.3 Å². The molecule has 5 heteroatoms. The van der Waals surface area contributed by atoms with Crippen molar-refractivity contribution < 1.29 is 4.79 Å². The average molecular weight is 280 g/mol. The third kappa shape index (κ3) is 2.09. The Morgan fingerprint density at radius 3 is 2.79 bits per heavy atom. The molecule has 2 atom stereocenters. The Kier molecular flexibility index (Phi) is 2.95. The number of nitrogens with two attached hydrogens (primary N) is 1. The number of anilines is 2. The maximum atomic E-state index is 11.6. The van der Waals surface area contributed by atoms with Gasteiger partial charge in [-0.3, -0.25) is 4.79 Å². The summed E-state index contributed by atoms with van der Waals surface area (Å²) in [5, 5.41) is 3.46. The van der Waals surface area contributed by atoms with Crippen LogP contribution in [0.2, 0.25) is 5.02 Å². The molecule has 102 valence electrons. The zero-order chi connectivity index (χ0) is 13.7. The van der Waals surface area contributed by atoms with Crippen LogP contribution >= 0.6 is 11.6 Å². The summed E-state index contributed by atoms with van der Waals surface area (Å²) in [6.07, 6.45) is 2.57. The van der Waals surface area contributed by atoms with Crippen molar-refractivity contribution in [3.05, 3.63) is 22.7 Å². The average Bonchev–Trinajstić information content (AvgIpc) is 3.18. The molecule has 3 rings (SSSR count). The molecular formula is C14H18ClN3O. The fourth-order valence-electron chi connectivity index (χ4n) is 2.68. The molecule has 1 heterocycles. The van der Waals surface area contributed by atoms with Crippen molar-refractivity contribution >= 4 is 28.9 Å². The topological polar surface area (TPSA) is 58.4 Å². The highest BCUT2D eigenvalue weighted by Crippen LogP contribution is 2.41. The molecular weight excluding hydrogens is 262 g/mol. The predicted octanol–water partition coefficient (Wildman–Crippen LogP) is 2.53. The summed E-state index contributed by atoms with van der Waals surface area (Å²) in [5.41, 5.74) is 8.34. The number of benzene rings is 1. The molecule has 0 bridgehead atoms. The van der Waals surface area contributed by atoms with Crippen LogP contribution in [0.25, 0.3) is 0 Å². The monoisotopic (exact) mass is 279 g/mol. The highest BCUT2D eigenvalue weighted by Gasteiger charge is 2.33. The van der Waals surface area contributed by atoms with Gasteiger partial charge in [-0.2, -0.15) is 0 Å². The molecule has 1 amide bonds. The number of nitrogens with zero attached hydrogens (tertiary/aromatic N) is 1. The smallest absolute Gasteiger partial charge is 0.245 e. The molecule has 4 nitrogen and oxygen atoms in total. The fourth-order valence-corrected chi connectivity index (χ4v) is 2.98. The molecule has 1 aliphatic carbocycles. The van der Waals surface area contributed by atoms with Gasteiger partial charge < -0.3 is 16.0 Å². The molecule has 1 aromatic carbocycles. The maximum Gasteiger partial charge on any atom is 0.245 e. The Labute approximate surface area is 117 Å². The van der Waals surface area contributed by atoms with Crippen LogP contribution in [-0.2, 0) is 4.79 Å². The lowest BCUT2D eigenvalue weighted by molar-refractivity contribution is -0.116. The largest absolute Gasteiger partial charge is 0.370 e.